The maximum atomic E-state index is 4.94. The van der Waals surface area contributed by atoms with E-state index in [-0.39, 0.29) is 0 Å². The smallest absolute Gasteiger partial charge is 0.260 e. The number of methoxy groups -OCH3 is 2. The fraction of sp³-hybridized carbons (Fsp3) is 0.286. The van der Waals surface area contributed by atoms with Crippen LogP contribution in [-0.4, -0.2) is 29.6 Å². The molecule has 0 N–H and O–H groups in total. The number of nitrogens with zero attached hydrogens (tertiary/aromatic N) is 2. The predicted molar refractivity (Wildman–Crippen MR) is 47.9 cm³/mol. The summed E-state index contributed by atoms with van der Waals surface area (Å²) in [5.41, 5.74) is 0. The van der Waals surface area contributed by atoms with Crippen LogP contribution in [-0.2, 0) is 0 Å². The average Bonchev–Trinajstić information content (AvgIpc) is 2.16. The van der Waals surface area contributed by atoms with E-state index < -0.39 is 0 Å². The largest absolute Gasteiger partial charge is 0.490 e. The maximum Gasteiger partial charge on any atom is 0.260 e. The van der Waals surface area contributed by atoms with Crippen LogP contribution >= 0.6 is 12.2 Å². The molecule has 5 heteroatoms. The van der Waals surface area contributed by atoms with Gasteiger partial charge in [-0.15, -0.1) is 0 Å². The minimum atomic E-state index is 0.392. The van der Waals surface area contributed by atoms with E-state index in [0.29, 0.717) is 17.5 Å². The number of aromatic nitrogens is 2. The Kier molecular flexibility index (Phi) is 2.93. The summed E-state index contributed by atoms with van der Waals surface area (Å²) in [5, 5.41) is 1.38. The van der Waals surface area contributed by atoms with Crippen LogP contribution in [0.25, 0.3) is 0 Å². The first kappa shape index (κ1) is 8.86. The van der Waals surface area contributed by atoms with Gasteiger partial charge in [-0.3, -0.25) is 0 Å². The molecule has 1 heterocycles. The third kappa shape index (κ3) is 1.68. The lowest BCUT2D eigenvalue weighted by atomic mass is 10.5. The minimum Gasteiger partial charge on any atom is -0.490 e. The zero-order valence-corrected chi connectivity index (χ0v) is 7.59. The molecule has 0 fully saturated rings. The molecule has 12 heavy (non-hydrogen) atoms. The molecule has 0 saturated carbocycles. The summed E-state index contributed by atoms with van der Waals surface area (Å²) in [4.78, 5) is 7.86. The van der Waals surface area contributed by atoms with Crippen molar-refractivity contribution in [1.82, 2.24) is 9.97 Å². The number of hydrogen-bond acceptors (Lipinski definition) is 5. The standard InChI is InChI=1S/C7H8N2O2S/c1-10-5-3-8-6(4-12)9-7(5)11-2/h3-4H,1-2H3. The molecule has 0 amide bonds. The highest BCUT2D eigenvalue weighted by Gasteiger charge is 2.05. The van der Waals surface area contributed by atoms with Crippen LogP contribution in [0.2, 0.25) is 0 Å². The lowest BCUT2D eigenvalue weighted by molar-refractivity contribution is 0.340. The minimum absolute atomic E-state index is 0.392. The van der Waals surface area contributed by atoms with Gasteiger partial charge in [0.15, 0.2) is 11.6 Å². The number of hydrogen-bond donors (Lipinski definition) is 0. The molecule has 1 aromatic heterocycles. The summed E-state index contributed by atoms with van der Waals surface area (Å²) in [7, 11) is 3.04. The average molecular weight is 184 g/mol. The van der Waals surface area contributed by atoms with Crippen molar-refractivity contribution in [2.75, 3.05) is 14.2 Å². The van der Waals surface area contributed by atoms with Gasteiger partial charge in [-0.05, 0) is 0 Å². The first-order chi connectivity index (χ1) is 5.81. The van der Waals surface area contributed by atoms with E-state index in [0.717, 1.165) is 0 Å². The number of thiocarbonyl (C=S) groups is 1. The molecule has 0 aliphatic heterocycles. The Morgan fingerprint density at radius 1 is 1.42 bits per heavy atom. The van der Waals surface area contributed by atoms with Crippen molar-refractivity contribution in [3.05, 3.63) is 12.0 Å². The van der Waals surface area contributed by atoms with Gasteiger partial charge in [-0.25, -0.2) is 4.98 Å². The van der Waals surface area contributed by atoms with E-state index in [9.17, 15) is 0 Å². The van der Waals surface area contributed by atoms with Crippen LogP contribution in [0.5, 0.6) is 11.6 Å². The fourth-order valence-corrected chi connectivity index (χ4v) is 0.825. The molecule has 0 aliphatic rings. The SMILES string of the molecule is COc1cnc(C=S)nc1OC. The van der Waals surface area contributed by atoms with Gasteiger partial charge in [0.1, 0.15) is 0 Å². The molecule has 1 rings (SSSR count). The van der Waals surface area contributed by atoms with Crippen molar-refractivity contribution in [3.8, 4) is 11.6 Å². The van der Waals surface area contributed by atoms with Crippen LogP contribution in [0.15, 0.2) is 6.20 Å². The van der Waals surface area contributed by atoms with Crippen LogP contribution in [0, 0.1) is 0 Å². The molecule has 0 aromatic carbocycles. The normalized spacial score (nSPS) is 9.17. The van der Waals surface area contributed by atoms with E-state index in [1.807, 2.05) is 0 Å². The number of rotatable bonds is 3. The Morgan fingerprint density at radius 3 is 2.67 bits per heavy atom. The number of ether oxygens (including phenoxy) is 2. The summed E-state index contributed by atoms with van der Waals surface area (Å²) in [6, 6.07) is 0. The third-order valence-electron chi connectivity index (χ3n) is 1.26. The lowest BCUT2D eigenvalue weighted by Gasteiger charge is -2.04. The topological polar surface area (TPSA) is 44.2 Å². The van der Waals surface area contributed by atoms with Gasteiger partial charge < -0.3 is 9.47 Å². The van der Waals surface area contributed by atoms with Crippen LogP contribution in [0.1, 0.15) is 5.82 Å². The highest BCUT2D eigenvalue weighted by Crippen LogP contribution is 2.21. The molecule has 0 saturated heterocycles. The molecule has 0 aliphatic carbocycles. The zero-order chi connectivity index (χ0) is 8.97. The van der Waals surface area contributed by atoms with Crippen LogP contribution in [0.4, 0.5) is 0 Å². The first-order valence-corrected chi connectivity index (χ1v) is 3.69. The van der Waals surface area contributed by atoms with Crippen molar-refractivity contribution in [2.45, 2.75) is 0 Å². The van der Waals surface area contributed by atoms with E-state index in [2.05, 4.69) is 22.2 Å². The van der Waals surface area contributed by atoms with Gasteiger partial charge in [-0.2, -0.15) is 4.98 Å². The van der Waals surface area contributed by atoms with Crippen molar-refractivity contribution < 1.29 is 9.47 Å². The highest BCUT2D eigenvalue weighted by atomic mass is 32.1. The van der Waals surface area contributed by atoms with Gasteiger partial charge in [0, 0.05) is 5.37 Å². The predicted octanol–water partition coefficient (Wildman–Crippen LogP) is 0.842. The molecule has 0 spiro atoms. The van der Waals surface area contributed by atoms with E-state index in [4.69, 9.17) is 9.47 Å². The van der Waals surface area contributed by atoms with Gasteiger partial charge in [-0.1, -0.05) is 12.2 Å². The molecule has 0 radical (unpaired) electrons. The van der Waals surface area contributed by atoms with Gasteiger partial charge >= 0.3 is 0 Å². The van der Waals surface area contributed by atoms with E-state index >= 15 is 0 Å². The van der Waals surface area contributed by atoms with Gasteiger partial charge in [0.2, 0.25) is 0 Å². The molecule has 1 aromatic rings. The van der Waals surface area contributed by atoms with Crippen LogP contribution in [0.3, 0.4) is 0 Å². The second kappa shape index (κ2) is 3.96. The van der Waals surface area contributed by atoms with Crippen molar-refractivity contribution >= 4 is 17.6 Å². The summed E-state index contributed by atoms with van der Waals surface area (Å²) in [6.45, 7) is 0. The first-order valence-electron chi connectivity index (χ1n) is 3.22. The monoisotopic (exact) mass is 184 g/mol. The Morgan fingerprint density at radius 2 is 2.17 bits per heavy atom. The summed E-state index contributed by atoms with van der Waals surface area (Å²) in [6.07, 6.45) is 1.52. The molecule has 0 atom stereocenters. The van der Waals surface area contributed by atoms with Crippen molar-refractivity contribution in [2.24, 2.45) is 0 Å². The third-order valence-corrected chi connectivity index (χ3v) is 1.47. The van der Waals surface area contributed by atoms with Crippen LogP contribution < -0.4 is 9.47 Å². The molecular weight excluding hydrogens is 176 g/mol. The fourth-order valence-electron chi connectivity index (χ4n) is 0.711. The van der Waals surface area contributed by atoms with Crippen molar-refractivity contribution in [1.29, 1.82) is 0 Å². The van der Waals surface area contributed by atoms with E-state index in [1.165, 1.54) is 25.8 Å². The van der Waals surface area contributed by atoms with Gasteiger partial charge in [0.25, 0.3) is 5.88 Å². The highest BCUT2D eigenvalue weighted by molar-refractivity contribution is 7.79. The van der Waals surface area contributed by atoms with Gasteiger partial charge in [0.05, 0.1) is 20.4 Å². The molecule has 0 bridgehead atoms. The molecular formula is C7H8N2O2S. The molecule has 64 valence electrons. The van der Waals surface area contributed by atoms with Crippen molar-refractivity contribution in [3.63, 3.8) is 0 Å². The summed E-state index contributed by atoms with van der Waals surface area (Å²) >= 11 is 4.66. The quantitative estimate of drug-likeness (QED) is 0.651. The lowest BCUT2D eigenvalue weighted by Crippen LogP contribution is -1.98. The summed E-state index contributed by atoms with van der Waals surface area (Å²) in [5.74, 6) is 1.34. The second-order valence-electron chi connectivity index (χ2n) is 1.92. The molecule has 4 nitrogen and oxygen atoms in total. The Labute approximate surface area is 75.6 Å². The second-order valence-corrected chi connectivity index (χ2v) is 2.16. The Balaban J connectivity index is 3.10. The zero-order valence-electron chi connectivity index (χ0n) is 6.77. The Bertz CT molecular complexity index is 291. The van der Waals surface area contributed by atoms with E-state index in [1.54, 1.807) is 0 Å². The maximum absolute atomic E-state index is 4.94. The summed E-state index contributed by atoms with van der Waals surface area (Å²) < 4.78 is 9.87. The Hall–Kier alpha value is -1.23. The molecule has 0 unspecified atom stereocenters.